The van der Waals surface area contributed by atoms with Crippen LogP contribution in [0, 0.1) is 0 Å². The summed E-state index contributed by atoms with van der Waals surface area (Å²) in [6.07, 6.45) is 0.675. The summed E-state index contributed by atoms with van der Waals surface area (Å²) in [5.74, 6) is -0.300. The first-order valence-electron chi connectivity index (χ1n) is 6.57. The quantitative estimate of drug-likeness (QED) is 0.557. The Morgan fingerprint density at radius 2 is 1.67 bits per heavy atom. The number of nitrogens with one attached hydrogen (secondary N) is 2. The standard InChI is InChI=1S/C12H21N3O4S2/c1-2-14-20(16,17)10-9-15-21(18,19)12-5-3-11(4-6-12)7-8-13/h3-6,14-15H,2,7-10,13H2,1H3. The Balaban J connectivity index is 2.65. The summed E-state index contributed by atoms with van der Waals surface area (Å²) in [6, 6.07) is 6.34. The number of sulfonamides is 2. The Labute approximate surface area is 126 Å². The Morgan fingerprint density at radius 3 is 2.19 bits per heavy atom. The van der Waals surface area contributed by atoms with Crippen molar-refractivity contribution in [2.24, 2.45) is 5.73 Å². The van der Waals surface area contributed by atoms with Crippen LogP contribution in [0.15, 0.2) is 29.2 Å². The molecule has 0 aliphatic rings. The van der Waals surface area contributed by atoms with Gasteiger partial charge in [-0.3, -0.25) is 0 Å². The number of nitrogens with two attached hydrogens (primary N) is 1. The molecular weight excluding hydrogens is 314 g/mol. The fourth-order valence-electron chi connectivity index (χ4n) is 1.69. The average Bonchev–Trinajstić information content (AvgIpc) is 2.39. The minimum atomic E-state index is -3.70. The summed E-state index contributed by atoms with van der Waals surface area (Å²) in [5.41, 5.74) is 6.37. The van der Waals surface area contributed by atoms with Gasteiger partial charge in [-0.05, 0) is 30.7 Å². The summed E-state index contributed by atoms with van der Waals surface area (Å²) in [5, 5.41) is 0. The molecule has 0 unspecified atom stereocenters. The van der Waals surface area contributed by atoms with E-state index < -0.39 is 20.0 Å². The van der Waals surface area contributed by atoms with E-state index in [0.717, 1.165) is 5.56 Å². The van der Waals surface area contributed by atoms with Crippen molar-refractivity contribution in [3.8, 4) is 0 Å². The molecule has 1 aromatic rings. The third-order valence-electron chi connectivity index (χ3n) is 2.69. The van der Waals surface area contributed by atoms with Crippen LogP contribution in [0.4, 0.5) is 0 Å². The lowest BCUT2D eigenvalue weighted by Gasteiger charge is -2.08. The predicted molar refractivity (Wildman–Crippen MR) is 81.9 cm³/mol. The minimum Gasteiger partial charge on any atom is -0.330 e. The maximum absolute atomic E-state index is 12.0. The van der Waals surface area contributed by atoms with Gasteiger partial charge in [-0.1, -0.05) is 19.1 Å². The highest BCUT2D eigenvalue weighted by atomic mass is 32.2. The molecule has 0 atom stereocenters. The van der Waals surface area contributed by atoms with Gasteiger partial charge in [0.15, 0.2) is 0 Å². The molecule has 0 aliphatic heterocycles. The normalized spacial score (nSPS) is 12.5. The molecule has 0 spiro atoms. The van der Waals surface area contributed by atoms with E-state index in [1.54, 1.807) is 19.1 Å². The highest BCUT2D eigenvalue weighted by Gasteiger charge is 2.15. The van der Waals surface area contributed by atoms with Crippen LogP contribution in [-0.4, -0.2) is 42.2 Å². The van der Waals surface area contributed by atoms with E-state index in [9.17, 15) is 16.8 Å². The zero-order chi connectivity index (χ0) is 15.9. The number of hydrogen-bond acceptors (Lipinski definition) is 5. The third kappa shape index (κ3) is 6.10. The van der Waals surface area contributed by atoms with Gasteiger partial charge in [0, 0.05) is 13.1 Å². The molecule has 0 aromatic heterocycles. The van der Waals surface area contributed by atoms with Gasteiger partial charge >= 0.3 is 0 Å². The van der Waals surface area contributed by atoms with Crippen LogP contribution >= 0.6 is 0 Å². The molecule has 1 aromatic carbocycles. The first-order valence-corrected chi connectivity index (χ1v) is 9.70. The maximum Gasteiger partial charge on any atom is 0.240 e. The van der Waals surface area contributed by atoms with E-state index in [1.165, 1.54) is 12.1 Å². The molecule has 0 bridgehead atoms. The van der Waals surface area contributed by atoms with Crippen molar-refractivity contribution in [2.45, 2.75) is 18.2 Å². The lowest BCUT2D eigenvalue weighted by atomic mass is 10.2. The summed E-state index contributed by atoms with van der Waals surface area (Å²) in [6.45, 7) is 2.25. The summed E-state index contributed by atoms with van der Waals surface area (Å²) >= 11 is 0. The summed E-state index contributed by atoms with van der Waals surface area (Å²) in [4.78, 5) is 0.101. The van der Waals surface area contributed by atoms with Gasteiger partial charge in [0.25, 0.3) is 0 Å². The first kappa shape index (κ1) is 18.1. The second-order valence-corrected chi connectivity index (χ2v) is 8.09. The highest BCUT2D eigenvalue weighted by Crippen LogP contribution is 2.10. The van der Waals surface area contributed by atoms with E-state index in [4.69, 9.17) is 5.73 Å². The number of benzene rings is 1. The minimum absolute atomic E-state index is 0.101. The molecule has 0 amide bonds. The molecule has 0 aliphatic carbocycles. The van der Waals surface area contributed by atoms with Crippen LogP contribution in [0.5, 0.6) is 0 Å². The van der Waals surface area contributed by atoms with Crippen LogP contribution in [0.25, 0.3) is 0 Å². The molecule has 0 saturated heterocycles. The summed E-state index contributed by atoms with van der Waals surface area (Å²) < 4.78 is 51.4. The topological polar surface area (TPSA) is 118 Å². The largest absolute Gasteiger partial charge is 0.330 e. The average molecular weight is 335 g/mol. The molecule has 0 heterocycles. The van der Waals surface area contributed by atoms with Crippen LogP contribution in [-0.2, 0) is 26.5 Å². The second-order valence-electron chi connectivity index (χ2n) is 4.40. The molecular formula is C12H21N3O4S2. The van der Waals surface area contributed by atoms with Crippen molar-refractivity contribution in [3.63, 3.8) is 0 Å². The maximum atomic E-state index is 12.0. The molecule has 0 saturated carbocycles. The van der Waals surface area contributed by atoms with Gasteiger partial charge in [0.1, 0.15) is 0 Å². The van der Waals surface area contributed by atoms with Crippen molar-refractivity contribution in [3.05, 3.63) is 29.8 Å². The Hall–Kier alpha value is -1.00. The van der Waals surface area contributed by atoms with Crippen molar-refractivity contribution >= 4 is 20.0 Å². The molecule has 21 heavy (non-hydrogen) atoms. The van der Waals surface area contributed by atoms with Gasteiger partial charge < -0.3 is 5.73 Å². The zero-order valence-electron chi connectivity index (χ0n) is 11.9. The van der Waals surface area contributed by atoms with Crippen molar-refractivity contribution in [1.29, 1.82) is 0 Å². The number of rotatable bonds is 9. The van der Waals surface area contributed by atoms with Crippen LogP contribution in [0.1, 0.15) is 12.5 Å². The van der Waals surface area contributed by atoms with E-state index in [0.29, 0.717) is 13.0 Å². The smallest absolute Gasteiger partial charge is 0.240 e. The molecule has 0 radical (unpaired) electrons. The SMILES string of the molecule is CCNS(=O)(=O)CCNS(=O)(=O)c1ccc(CCN)cc1. The molecule has 9 heteroatoms. The monoisotopic (exact) mass is 335 g/mol. The van der Waals surface area contributed by atoms with Gasteiger partial charge in [0.05, 0.1) is 10.6 Å². The van der Waals surface area contributed by atoms with Crippen molar-refractivity contribution in [2.75, 3.05) is 25.4 Å². The fraction of sp³-hybridized carbons (Fsp3) is 0.500. The molecule has 120 valence electrons. The first-order chi connectivity index (χ1) is 9.80. The van der Waals surface area contributed by atoms with E-state index >= 15 is 0 Å². The van der Waals surface area contributed by atoms with Crippen molar-refractivity contribution < 1.29 is 16.8 Å². The van der Waals surface area contributed by atoms with Crippen LogP contribution in [0.3, 0.4) is 0 Å². The predicted octanol–water partition coefficient (Wildman–Crippen LogP) is -0.595. The van der Waals surface area contributed by atoms with Crippen molar-refractivity contribution in [1.82, 2.24) is 9.44 Å². The molecule has 0 fully saturated rings. The Morgan fingerprint density at radius 1 is 1.05 bits per heavy atom. The molecule has 4 N–H and O–H groups in total. The third-order valence-corrected chi connectivity index (χ3v) is 5.64. The Bertz CT molecular complexity index is 640. The van der Waals surface area contributed by atoms with Crippen LogP contribution in [0.2, 0.25) is 0 Å². The Kier molecular flexibility index (Phi) is 6.75. The lowest BCUT2D eigenvalue weighted by molar-refractivity contribution is 0.576. The fourth-order valence-corrected chi connectivity index (χ4v) is 3.80. The van der Waals surface area contributed by atoms with E-state index in [-0.39, 0.29) is 23.7 Å². The number of hydrogen-bond donors (Lipinski definition) is 3. The molecule has 7 nitrogen and oxygen atoms in total. The van der Waals surface area contributed by atoms with Crippen LogP contribution < -0.4 is 15.2 Å². The van der Waals surface area contributed by atoms with E-state index in [2.05, 4.69) is 9.44 Å². The lowest BCUT2D eigenvalue weighted by Crippen LogP contribution is -2.34. The van der Waals surface area contributed by atoms with Gasteiger partial charge in [-0.25, -0.2) is 26.3 Å². The van der Waals surface area contributed by atoms with Gasteiger partial charge in [0.2, 0.25) is 20.0 Å². The van der Waals surface area contributed by atoms with Gasteiger partial charge in [-0.15, -0.1) is 0 Å². The second kappa shape index (κ2) is 7.85. The highest BCUT2D eigenvalue weighted by molar-refractivity contribution is 7.90. The zero-order valence-corrected chi connectivity index (χ0v) is 13.5. The molecule has 1 rings (SSSR count). The van der Waals surface area contributed by atoms with Gasteiger partial charge in [-0.2, -0.15) is 0 Å². The van der Waals surface area contributed by atoms with E-state index in [1.807, 2.05) is 0 Å². The summed E-state index contributed by atoms with van der Waals surface area (Å²) in [7, 11) is -7.14.